The molecule has 0 aliphatic heterocycles. The van der Waals surface area contributed by atoms with Gasteiger partial charge in [-0.2, -0.15) is 0 Å². The van der Waals surface area contributed by atoms with Crippen molar-refractivity contribution in [3.05, 3.63) is 58.0 Å². The van der Waals surface area contributed by atoms with Gasteiger partial charge in [0.2, 0.25) is 0 Å². The van der Waals surface area contributed by atoms with E-state index in [1.165, 1.54) is 22.3 Å². The molecule has 0 saturated heterocycles. The Hall–Kier alpha value is -1.58. The summed E-state index contributed by atoms with van der Waals surface area (Å²) in [6, 6.07) is 8.90. The number of hydrogen-bond donors (Lipinski definition) is 1. The van der Waals surface area contributed by atoms with E-state index in [2.05, 4.69) is 36.5 Å². The monoisotopic (exact) mass is 287 g/mol. The fraction of sp³-hybridized carbons (Fsp3) is 0.444. The lowest BCUT2D eigenvalue weighted by Crippen LogP contribution is -2.19. The van der Waals surface area contributed by atoms with Crippen molar-refractivity contribution in [3.63, 3.8) is 0 Å². The van der Waals surface area contributed by atoms with Crippen LogP contribution in [0, 0.1) is 20.8 Å². The average Bonchev–Trinajstić information content (AvgIpc) is 2.74. The Morgan fingerprint density at radius 1 is 1.10 bits per heavy atom. The molecule has 2 aromatic rings. The van der Waals surface area contributed by atoms with Gasteiger partial charge in [-0.25, -0.2) is 0 Å². The van der Waals surface area contributed by atoms with E-state index < -0.39 is 0 Å². The van der Waals surface area contributed by atoms with Crippen LogP contribution in [0.4, 0.5) is 0 Å². The largest absolute Gasteiger partial charge is 0.466 e. The summed E-state index contributed by atoms with van der Waals surface area (Å²) in [5, 5.41) is 3.41. The van der Waals surface area contributed by atoms with Gasteiger partial charge in [-0.15, -0.1) is 0 Å². The Kier molecular flexibility index (Phi) is 5.21. The summed E-state index contributed by atoms with van der Waals surface area (Å²) in [7, 11) is 3.73. The zero-order valence-corrected chi connectivity index (χ0v) is 13.6. The highest BCUT2D eigenvalue weighted by molar-refractivity contribution is 5.41. The first kappa shape index (κ1) is 15.8. The van der Waals surface area contributed by atoms with Gasteiger partial charge >= 0.3 is 0 Å². The van der Waals surface area contributed by atoms with Gasteiger partial charge in [0.15, 0.2) is 0 Å². The molecule has 3 heteroatoms. The van der Waals surface area contributed by atoms with Crippen LogP contribution in [0.3, 0.4) is 0 Å². The van der Waals surface area contributed by atoms with Crippen molar-refractivity contribution in [3.8, 4) is 0 Å². The van der Waals surface area contributed by atoms with Gasteiger partial charge in [0.05, 0.1) is 12.6 Å². The van der Waals surface area contributed by atoms with Crippen molar-refractivity contribution >= 4 is 0 Å². The van der Waals surface area contributed by atoms with E-state index in [0.29, 0.717) is 0 Å². The van der Waals surface area contributed by atoms with Crippen molar-refractivity contribution in [2.45, 2.75) is 33.2 Å². The maximum Gasteiger partial charge on any atom is 0.106 e. The van der Waals surface area contributed by atoms with Crippen molar-refractivity contribution in [1.29, 1.82) is 0 Å². The molecule has 0 radical (unpaired) electrons. The molecule has 21 heavy (non-hydrogen) atoms. The predicted octanol–water partition coefficient (Wildman–Crippen LogP) is 3.70. The second-order valence-corrected chi connectivity index (χ2v) is 5.46. The number of benzene rings is 1. The first-order valence-electron chi connectivity index (χ1n) is 7.40. The van der Waals surface area contributed by atoms with Crippen molar-refractivity contribution in [2.75, 3.05) is 20.8 Å². The van der Waals surface area contributed by atoms with E-state index in [4.69, 9.17) is 9.15 Å². The number of ether oxygens (including phenoxy) is 1. The third kappa shape index (κ3) is 3.36. The minimum absolute atomic E-state index is 0.166. The maximum atomic E-state index is 5.77. The smallest absolute Gasteiger partial charge is 0.106 e. The molecule has 0 fully saturated rings. The van der Waals surface area contributed by atoms with Crippen LogP contribution in [0.15, 0.2) is 28.7 Å². The number of furan rings is 1. The second-order valence-electron chi connectivity index (χ2n) is 5.46. The van der Waals surface area contributed by atoms with Crippen LogP contribution in [0.2, 0.25) is 0 Å². The van der Waals surface area contributed by atoms with Gasteiger partial charge < -0.3 is 14.5 Å². The van der Waals surface area contributed by atoms with Gasteiger partial charge in [-0.05, 0) is 50.9 Å². The van der Waals surface area contributed by atoms with Gasteiger partial charge in [0, 0.05) is 12.7 Å². The molecule has 1 aromatic carbocycles. The fourth-order valence-corrected chi connectivity index (χ4v) is 2.81. The topological polar surface area (TPSA) is 34.4 Å². The third-order valence-electron chi connectivity index (χ3n) is 4.10. The van der Waals surface area contributed by atoms with E-state index >= 15 is 0 Å². The van der Waals surface area contributed by atoms with Crippen LogP contribution in [-0.4, -0.2) is 20.8 Å². The fourth-order valence-electron chi connectivity index (χ4n) is 2.81. The number of nitrogens with one attached hydrogen (secondary N) is 1. The lowest BCUT2D eigenvalue weighted by atomic mass is 9.94. The minimum Gasteiger partial charge on any atom is -0.466 e. The van der Waals surface area contributed by atoms with Crippen LogP contribution in [0.5, 0.6) is 0 Å². The van der Waals surface area contributed by atoms with E-state index in [0.717, 1.165) is 24.5 Å². The Bertz CT molecular complexity index is 584. The Morgan fingerprint density at radius 3 is 2.24 bits per heavy atom. The van der Waals surface area contributed by atoms with E-state index in [1.54, 1.807) is 7.11 Å². The zero-order chi connectivity index (χ0) is 15.4. The van der Waals surface area contributed by atoms with Crippen LogP contribution < -0.4 is 5.32 Å². The first-order chi connectivity index (χ1) is 10.1. The summed E-state index contributed by atoms with van der Waals surface area (Å²) in [4.78, 5) is 0. The molecule has 1 heterocycles. The molecule has 2 rings (SSSR count). The zero-order valence-electron chi connectivity index (χ0n) is 13.6. The number of rotatable bonds is 6. The molecule has 1 atom stereocenters. The molecule has 1 N–H and O–H groups in total. The molecule has 3 nitrogen and oxygen atoms in total. The van der Waals surface area contributed by atoms with Gasteiger partial charge in [0.25, 0.3) is 0 Å². The summed E-state index contributed by atoms with van der Waals surface area (Å²) in [5.41, 5.74) is 5.04. The molecule has 114 valence electrons. The quantitative estimate of drug-likeness (QED) is 0.879. The van der Waals surface area contributed by atoms with Gasteiger partial charge in [-0.1, -0.05) is 24.3 Å². The van der Waals surface area contributed by atoms with Gasteiger partial charge in [-0.3, -0.25) is 0 Å². The Labute approximate surface area is 127 Å². The normalized spacial score (nSPS) is 12.6. The Morgan fingerprint density at radius 2 is 1.76 bits per heavy atom. The second kappa shape index (κ2) is 6.92. The minimum atomic E-state index is 0.166. The molecule has 0 spiro atoms. The summed E-state index contributed by atoms with van der Waals surface area (Å²) in [5.74, 6) is 1.99. The number of aryl methyl sites for hydroxylation is 2. The van der Waals surface area contributed by atoms with E-state index in [-0.39, 0.29) is 6.04 Å². The molecule has 0 aliphatic carbocycles. The highest BCUT2D eigenvalue weighted by Gasteiger charge is 2.21. The van der Waals surface area contributed by atoms with Crippen LogP contribution in [0.1, 0.15) is 39.8 Å². The SMILES string of the molecule is CNC(c1ccc(CCOC)cc1)c1c(C)oc(C)c1C. The average molecular weight is 287 g/mol. The Balaban J connectivity index is 2.29. The summed E-state index contributed by atoms with van der Waals surface area (Å²) in [6.07, 6.45) is 0.948. The summed E-state index contributed by atoms with van der Waals surface area (Å²) < 4.78 is 10.9. The van der Waals surface area contributed by atoms with Crippen molar-refractivity contribution in [2.24, 2.45) is 0 Å². The lowest BCUT2D eigenvalue weighted by molar-refractivity contribution is 0.202. The molecule has 0 bridgehead atoms. The van der Waals surface area contributed by atoms with E-state index in [1.807, 2.05) is 20.9 Å². The standard InChI is InChI=1S/C18H25NO2/c1-12-13(2)21-14(3)17(12)18(19-4)16-8-6-15(7-9-16)10-11-20-5/h6-9,18-19H,10-11H2,1-5H3. The molecule has 0 amide bonds. The molecule has 0 aliphatic rings. The number of methoxy groups -OCH3 is 1. The molecule has 1 unspecified atom stereocenters. The van der Waals surface area contributed by atoms with Crippen LogP contribution in [0.25, 0.3) is 0 Å². The molecule has 1 aromatic heterocycles. The third-order valence-corrected chi connectivity index (χ3v) is 4.10. The van der Waals surface area contributed by atoms with E-state index in [9.17, 15) is 0 Å². The van der Waals surface area contributed by atoms with Crippen LogP contribution in [-0.2, 0) is 11.2 Å². The molecule has 0 saturated carbocycles. The van der Waals surface area contributed by atoms with Gasteiger partial charge in [0.1, 0.15) is 11.5 Å². The molecular formula is C18H25NO2. The van der Waals surface area contributed by atoms with Crippen molar-refractivity contribution in [1.82, 2.24) is 5.32 Å². The summed E-state index contributed by atoms with van der Waals surface area (Å²) >= 11 is 0. The highest BCUT2D eigenvalue weighted by atomic mass is 16.5. The summed E-state index contributed by atoms with van der Waals surface area (Å²) in [6.45, 7) is 6.94. The number of hydrogen-bond acceptors (Lipinski definition) is 3. The first-order valence-corrected chi connectivity index (χ1v) is 7.40. The highest BCUT2D eigenvalue weighted by Crippen LogP contribution is 2.31. The maximum absolute atomic E-state index is 5.77. The van der Waals surface area contributed by atoms with Crippen LogP contribution >= 0.6 is 0 Å². The lowest BCUT2D eigenvalue weighted by Gasteiger charge is -2.18. The predicted molar refractivity (Wildman–Crippen MR) is 85.8 cm³/mol. The molecular weight excluding hydrogens is 262 g/mol. The van der Waals surface area contributed by atoms with Crippen molar-refractivity contribution < 1.29 is 9.15 Å².